The maximum absolute atomic E-state index is 8.49. The molecule has 4 rings (SSSR count). The van der Waals surface area contributed by atoms with Crippen molar-refractivity contribution in [3.63, 3.8) is 0 Å². The van der Waals surface area contributed by atoms with E-state index in [0.29, 0.717) is 0 Å². The van der Waals surface area contributed by atoms with E-state index in [2.05, 4.69) is 115 Å². The Kier molecular flexibility index (Phi) is 8.72. The molecule has 5 nitrogen and oxygen atoms in total. The normalized spacial score (nSPS) is 10.9. The van der Waals surface area contributed by atoms with Crippen molar-refractivity contribution in [2.24, 2.45) is 0 Å². The highest BCUT2D eigenvalue weighted by molar-refractivity contribution is 5.73. The third-order valence-electron chi connectivity index (χ3n) is 5.15. The van der Waals surface area contributed by atoms with E-state index in [9.17, 15) is 0 Å². The summed E-state index contributed by atoms with van der Waals surface area (Å²) in [5.41, 5.74) is 7.57. The van der Waals surface area contributed by atoms with Crippen molar-refractivity contribution in [2.75, 3.05) is 0 Å². The molecule has 0 spiro atoms. The van der Waals surface area contributed by atoms with Gasteiger partial charge in [0.25, 0.3) is 0 Å². The zero-order valence-electron chi connectivity index (χ0n) is 18.4. The SMILES string of the molecule is CCCC[n+]1c(-c2ccccc2)cc(-c2ccccc2)cc1-c1ccccc1.[O-][Cl+3]([O-])([O-])[O-]. The van der Waals surface area contributed by atoms with E-state index in [1.807, 2.05) is 0 Å². The number of benzene rings is 3. The van der Waals surface area contributed by atoms with E-state index in [0.717, 1.165) is 13.0 Å². The molecule has 0 saturated carbocycles. The molecule has 170 valence electrons. The van der Waals surface area contributed by atoms with Crippen molar-refractivity contribution in [3.05, 3.63) is 103 Å². The van der Waals surface area contributed by atoms with Crippen LogP contribution in [-0.2, 0) is 6.54 Å². The quantitative estimate of drug-likeness (QED) is 0.408. The van der Waals surface area contributed by atoms with Gasteiger partial charge in [0.2, 0.25) is 11.4 Å². The Morgan fingerprint density at radius 2 is 0.939 bits per heavy atom. The molecule has 0 amide bonds. The third kappa shape index (κ3) is 7.49. The molecule has 1 heterocycles. The lowest BCUT2D eigenvalue weighted by atomic mass is 9.99. The van der Waals surface area contributed by atoms with Gasteiger partial charge in [0.1, 0.15) is 6.54 Å². The molecule has 0 bridgehead atoms. The number of halogens is 1. The third-order valence-corrected chi connectivity index (χ3v) is 5.15. The highest BCUT2D eigenvalue weighted by Crippen LogP contribution is 2.29. The number of unbranched alkanes of at least 4 members (excludes halogenated alkanes) is 1. The summed E-state index contributed by atoms with van der Waals surface area (Å²) in [6.07, 6.45) is 2.34. The smallest absolute Gasteiger partial charge is 0.213 e. The Bertz CT molecular complexity index is 1060. The maximum atomic E-state index is 8.49. The van der Waals surface area contributed by atoms with Crippen molar-refractivity contribution in [1.29, 1.82) is 0 Å². The van der Waals surface area contributed by atoms with Gasteiger partial charge in [0.15, 0.2) is 0 Å². The number of hydrogen-bond acceptors (Lipinski definition) is 4. The largest absolute Gasteiger partial charge is 0.222 e. The predicted molar refractivity (Wildman–Crippen MR) is 118 cm³/mol. The van der Waals surface area contributed by atoms with E-state index in [1.54, 1.807) is 0 Å². The second-order valence-electron chi connectivity index (χ2n) is 7.50. The maximum Gasteiger partial charge on any atom is 0.213 e. The summed E-state index contributed by atoms with van der Waals surface area (Å²) in [4.78, 5) is 0. The number of pyridine rings is 1. The molecule has 0 N–H and O–H groups in total. The van der Waals surface area contributed by atoms with Crippen molar-refractivity contribution in [1.82, 2.24) is 0 Å². The molecule has 6 heteroatoms. The predicted octanol–water partition coefficient (Wildman–Crippen LogP) is 2.02. The van der Waals surface area contributed by atoms with Gasteiger partial charge in [-0.25, -0.2) is 18.6 Å². The van der Waals surface area contributed by atoms with Gasteiger partial charge < -0.3 is 0 Å². The van der Waals surface area contributed by atoms with E-state index in [-0.39, 0.29) is 0 Å². The van der Waals surface area contributed by atoms with Crippen LogP contribution < -0.4 is 23.2 Å². The summed E-state index contributed by atoms with van der Waals surface area (Å²) in [6.45, 7) is 3.27. The number of aromatic nitrogens is 1. The molecule has 3 aromatic carbocycles. The van der Waals surface area contributed by atoms with Crippen LogP contribution in [0.1, 0.15) is 19.8 Å². The van der Waals surface area contributed by atoms with Gasteiger partial charge in [-0.2, -0.15) is 4.57 Å². The fraction of sp³-hybridized carbons (Fsp3) is 0.148. The minimum Gasteiger partial charge on any atom is -0.222 e. The summed E-state index contributed by atoms with van der Waals surface area (Å²) in [5, 5.41) is 0. The van der Waals surface area contributed by atoms with Crippen molar-refractivity contribution >= 4 is 0 Å². The van der Waals surface area contributed by atoms with Gasteiger partial charge in [-0.3, -0.25) is 0 Å². The lowest BCUT2D eigenvalue weighted by Crippen LogP contribution is -2.68. The van der Waals surface area contributed by atoms with Crippen LogP contribution in [0.5, 0.6) is 0 Å². The van der Waals surface area contributed by atoms with E-state index < -0.39 is 10.2 Å². The van der Waals surface area contributed by atoms with Crippen LogP contribution in [0, 0.1) is 10.2 Å². The fourth-order valence-corrected chi connectivity index (χ4v) is 3.67. The summed E-state index contributed by atoms with van der Waals surface area (Å²) in [6, 6.07) is 36.8. The highest BCUT2D eigenvalue weighted by Gasteiger charge is 2.22. The Morgan fingerprint density at radius 1 is 0.576 bits per heavy atom. The first-order valence-electron chi connectivity index (χ1n) is 10.7. The van der Waals surface area contributed by atoms with Gasteiger partial charge in [0, 0.05) is 29.7 Å². The van der Waals surface area contributed by atoms with Gasteiger partial charge in [-0.1, -0.05) is 80.1 Å². The first-order chi connectivity index (χ1) is 15.9. The average Bonchev–Trinajstić information content (AvgIpc) is 2.83. The van der Waals surface area contributed by atoms with Crippen LogP contribution in [0.4, 0.5) is 0 Å². The second-order valence-corrected chi connectivity index (χ2v) is 8.25. The number of rotatable bonds is 6. The molecular weight excluding hydrogens is 438 g/mol. The molecule has 4 aromatic rings. The average molecular weight is 464 g/mol. The van der Waals surface area contributed by atoms with E-state index >= 15 is 0 Å². The van der Waals surface area contributed by atoms with E-state index in [4.69, 9.17) is 18.6 Å². The van der Waals surface area contributed by atoms with Crippen LogP contribution in [0.2, 0.25) is 0 Å². The molecule has 0 saturated heterocycles. The van der Waals surface area contributed by atoms with E-state index in [1.165, 1.54) is 40.1 Å². The van der Waals surface area contributed by atoms with Crippen LogP contribution in [0.15, 0.2) is 103 Å². The van der Waals surface area contributed by atoms with Gasteiger partial charge in [-0.15, -0.1) is 10.2 Å². The molecule has 0 aliphatic carbocycles. The number of nitrogens with zero attached hydrogens (tertiary/aromatic N) is 1. The molecule has 0 unspecified atom stereocenters. The monoisotopic (exact) mass is 463 g/mol. The first kappa shape index (κ1) is 24.6. The number of hydrogen-bond donors (Lipinski definition) is 0. The second kappa shape index (κ2) is 11.7. The molecule has 0 aliphatic rings. The van der Waals surface area contributed by atoms with Crippen molar-refractivity contribution in [3.8, 4) is 33.6 Å². The highest BCUT2D eigenvalue weighted by atomic mass is 35.7. The summed E-state index contributed by atoms with van der Waals surface area (Å²) < 4.78 is 36.5. The fourth-order valence-electron chi connectivity index (χ4n) is 3.67. The summed E-state index contributed by atoms with van der Waals surface area (Å²) >= 11 is 0. The molecule has 0 fully saturated rings. The zero-order valence-corrected chi connectivity index (χ0v) is 19.2. The molecular formula is C27H26ClNO4. The topological polar surface area (TPSA) is 96.1 Å². The molecule has 0 atom stereocenters. The Labute approximate surface area is 196 Å². The first-order valence-corrected chi connectivity index (χ1v) is 12.0. The summed E-state index contributed by atoms with van der Waals surface area (Å²) in [7, 11) is -4.94. The minimum absolute atomic E-state index is 1.01. The van der Waals surface area contributed by atoms with Gasteiger partial charge >= 0.3 is 0 Å². The molecule has 33 heavy (non-hydrogen) atoms. The van der Waals surface area contributed by atoms with Crippen LogP contribution in [-0.4, -0.2) is 0 Å². The zero-order chi connectivity index (χ0) is 23.7. The summed E-state index contributed by atoms with van der Waals surface area (Å²) in [5.74, 6) is 0. The van der Waals surface area contributed by atoms with Crippen LogP contribution in [0.3, 0.4) is 0 Å². The van der Waals surface area contributed by atoms with Crippen LogP contribution in [0.25, 0.3) is 33.6 Å². The van der Waals surface area contributed by atoms with Crippen molar-refractivity contribution in [2.45, 2.75) is 26.3 Å². The standard InChI is InChI=1S/C27H26N.ClHO4/c1-2-3-19-28-26(23-15-9-5-10-16-23)20-25(22-13-7-4-8-14-22)21-27(28)24-17-11-6-12-18-24;2-1(3,4)5/h4-18,20-21H,2-3,19H2,1H3;(H,2,3,4,5)/q+1;/p-1. The Balaban J connectivity index is 0.000000555. The van der Waals surface area contributed by atoms with Gasteiger partial charge in [0.05, 0.1) is 0 Å². The van der Waals surface area contributed by atoms with Crippen molar-refractivity contribution < 1.29 is 33.4 Å². The molecule has 0 radical (unpaired) electrons. The Hall–Kier alpha value is -3.06. The lowest BCUT2D eigenvalue weighted by Gasteiger charge is -2.17. The molecule has 1 aromatic heterocycles. The molecule has 0 aliphatic heterocycles. The minimum atomic E-state index is -4.94. The van der Waals surface area contributed by atoms with Crippen LogP contribution >= 0.6 is 0 Å². The van der Waals surface area contributed by atoms with Gasteiger partial charge in [-0.05, 0) is 35.4 Å². The Morgan fingerprint density at radius 3 is 1.30 bits per heavy atom. The lowest BCUT2D eigenvalue weighted by molar-refractivity contribution is -2.00.